The molecule has 21 heavy (non-hydrogen) atoms. The summed E-state index contributed by atoms with van der Waals surface area (Å²) >= 11 is 3.20. The number of amides is 1. The van der Waals surface area contributed by atoms with Crippen LogP contribution in [-0.4, -0.2) is 39.1 Å². The van der Waals surface area contributed by atoms with Crippen LogP contribution in [0.25, 0.3) is 0 Å². The number of methoxy groups -OCH3 is 1. The van der Waals surface area contributed by atoms with E-state index >= 15 is 0 Å². The van der Waals surface area contributed by atoms with Gasteiger partial charge in [0.1, 0.15) is 19.2 Å². The second-order valence-corrected chi connectivity index (χ2v) is 4.79. The smallest absolute Gasteiger partial charge is 0.261 e. The molecule has 0 atom stereocenters. The predicted octanol–water partition coefficient (Wildman–Crippen LogP) is 0.905. The van der Waals surface area contributed by atoms with E-state index in [1.807, 2.05) is 0 Å². The molecule has 0 spiro atoms. The van der Waals surface area contributed by atoms with E-state index in [2.05, 4.69) is 36.5 Å². The van der Waals surface area contributed by atoms with Gasteiger partial charge in [0, 0.05) is 0 Å². The first-order valence-corrected chi connectivity index (χ1v) is 6.60. The summed E-state index contributed by atoms with van der Waals surface area (Å²) in [6.45, 7) is 0.0277. The van der Waals surface area contributed by atoms with Crippen LogP contribution >= 0.6 is 15.9 Å². The quantitative estimate of drug-likeness (QED) is 0.614. The molecule has 9 heteroatoms. The van der Waals surface area contributed by atoms with Crippen LogP contribution in [0.15, 0.2) is 34.4 Å². The number of phenols is 1. The highest BCUT2D eigenvalue weighted by Crippen LogP contribution is 2.34. The molecular weight excluding hydrogens is 342 g/mol. The average Bonchev–Trinajstić information content (AvgIpc) is 2.95. The van der Waals surface area contributed by atoms with Crippen molar-refractivity contribution in [3.63, 3.8) is 0 Å². The van der Waals surface area contributed by atoms with Gasteiger partial charge in [-0.25, -0.2) is 15.1 Å². The Morgan fingerprint density at radius 3 is 3.10 bits per heavy atom. The van der Waals surface area contributed by atoms with Crippen LogP contribution in [0.1, 0.15) is 5.56 Å². The molecule has 0 unspecified atom stereocenters. The van der Waals surface area contributed by atoms with Crippen LogP contribution in [0.5, 0.6) is 11.5 Å². The van der Waals surface area contributed by atoms with Crippen molar-refractivity contribution in [2.45, 2.75) is 6.54 Å². The third kappa shape index (κ3) is 4.02. The second-order valence-electron chi connectivity index (χ2n) is 3.94. The Hall–Kier alpha value is -2.42. The molecule has 8 nitrogen and oxygen atoms in total. The number of rotatable bonds is 5. The molecule has 1 aromatic carbocycles. The van der Waals surface area contributed by atoms with Gasteiger partial charge in [0.15, 0.2) is 11.5 Å². The molecule has 0 saturated heterocycles. The van der Waals surface area contributed by atoms with Gasteiger partial charge >= 0.3 is 0 Å². The highest BCUT2D eigenvalue weighted by atomic mass is 79.9. The molecule has 2 rings (SSSR count). The molecule has 2 N–H and O–H groups in total. The third-order valence-electron chi connectivity index (χ3n) is 2.45. The number of nitrogens with one attached hydrogen (secondary N) is 1. The fraction of sp³-hybridized carbons (Fsp3) is 0.167. The van der Waals surface area contributed by atoms with Crippen molar-refractivity contribution >= 4 is 28.1 Å². The zero-order chi connectivity index (χ0) is 15.2. The van der Waals surface area contributed by atoms with Crippen LogP contribution in [0.3, 0.4) is 0 Å². The number of hydrogen-bond acceptors (Lipinski definition) is 6. The fourth-order valence-corrected chi connectivity index (χ4v) is 1.96. The summed E-state index contributed by atoms with van der Waals surface area (Å²) in [6, 6.07) is 3.23. The minimum Gasteiger partial charge on any atom is -0.503 e. The van der Waals surface area contributed by atoms with Gasteiger partial charge in [-0.15, -0.1) is 0 Å². The Morgan fingerprint density at radius 1 is 1.62 bits per heavy atom. The van der Waals surface area contributed by atoms with E-state index in [0.717, 1.165) is 0 Å². The molecule has 1 heterocycles. The lowest BCUT2D eigenvalue weighted by molar-refractivity contribution is -0.121. The number of benzene rings is 1. The SMILES string of the molecule is COc1cc(C=NNC(=O)Cn2cncn2)cc(Br)c1O. The second kappa shape index (κ2) is 6.84. The summed E-state index contributed by atoms with van der Waals surface area (Å²) in [4.78, 5) is 15.3. The minimum atomic E-state index is -0.332. The van der Waals surface area contributed by atoms with Gasteiger partial charge in [-0.05, 0) is 33.6 Å². The van der Waals surface area contributed by atoms with Crippen molar-refractivity contribution < 1.29 is 14.6 Å². The average molecular weight is 354 g/mol. The van der Waals surface area contributed by atoms with E-state index in [1.54, 1.807) is 12.1 Å². The largest absolute Gasteiger partial charge is 0.503 e. The molecular formula is C12H12BrN5O3. The fourth-order valence-electron chi connectivity index (χ4n) is 1.50. The molecule has 0 saturated carbocycles. The summed E-state index contributed by atoms with van der Waals surface area (Å²) < 4.78 is 6.87. The van der Waals surface area contributed by atoms with Gasteiger partial charge in [0.2, 0.25) is 0 Å². The van der Waals surface area contributed by atoms with Crippen LogP contribution in [0, 0.1) is 0 Å². The van der Waals surface area contributed by atoms with Crippen LogP contribution < -0.4 is 10.2 Å². The number of carbonyl (C=O) groups is 1. The number of aromatic nitrogens is 3. The summed E-state index contributed by atoms with van der Waals surface area (Å²) in [6.07, 6.45) is 4.22. The standard InChI is InChI=1S/C12H12BrN5O3/c1-21-10-3-8(2-9(13)12(10)20)4-15-17-11(19)5-18-7-14-6-16-18/h2-4,6-7,20H,5H2,1H3,(H,17,19). The highest BCUT2D eigenvalue weighted by molar-refractivity contribution is 9.10. The molecule has 0 aliphatic heterocycles. The van der Waals surface area contributed by atoms with Gasteiger partial charge in [0.25, 0.3) is 5.91 Å². The van der Waals surface area contributed by atoms with Crippen LogP contribution in [0.4, 0.5) is 0 Å². The van der Waals surface area contributed by atoms with Crippen molar-refractivity contribution in [2.24, 2.45) is 5.10 Å². The topological polar surface area (TPSA) is 102 Å². The van der Waals surface area contributed by atoms with Crippen molar-refractivity contribution in [3.8, 4) is 11.5 Å². The molecule has 1 aromatic heterocycles. The van der Waals surface area contributed by atoms with Crippen molar-refractivity contribution in [1.29, 1.82) is 0 Å². The van der Waals surface area contributed by atoms with E-state index in [9.17, 15) is 9.90 Å². The van der Waals surface area contributed by atoms with Gasteiger partial charge in [-0.1, -0.05) is 0 Å². The Kier molecular flexibility index (Phi) is 4.88. The van der Waals surface area contributed by atoms with Crippen molar-refractivity contribution in [1.82, 2.24) is 20.2 Å². The van der Waals surface area contributed by atoms with Crippen molar-refractivity contribution in [2.75, 3.05) is 7.11 Å². The minimum absolute atomic E-state index is 0.00451. The molecule has 0 bridgehead atoms. The zero-order valence-electron chi connectivity index (χ0n) is 11.0. The monoisotopic (exact) mass is 353 g/mol. The molecule has 1 amide bonds. The number of hydrazone groups is 1. The molecule has 0 fully saturated rings. The van der Waals surface area contributed by atoms with Gasteiger partial charge in [-0.2, -0.15) is 10.2 Å². The molecule has 110 valence electrons. The van der Waals surface area contributed by atoms with Crippen LogP contribution in [0.2, 0.25) is 0 Å². The first kappa shape index (κ1) is 15.0. The number of halogens is 1. The maximum absolute atomic E-state index is 11.6. The van der Waals surface area contributed by atoms with E-state index in [0.29, 0.717) is 15.8 Å². The molecule has 0 radical (unpaired) electrons. The number of aromatic hydroxyl groups is 1. The molecule has 0 aliphatic rings. The molecule has 0 aliphatic carbocycles. The summed E-state index contributed by atoms with van der Waals surface area (Å²) in [5.41, 5.74) is 3.01. The number of hydrogen-bond donors (Lipinski definition) is 2. The normalized spacial score (nSPS) is 10.8. The first-order chi connectivity index (χ1) is 10.1. The summed E-state index contributed by atoms with van der Waals surface area (Å²) in [7, 11) is 1.45. The van der Waals surface area contributed by atoms with Gasteiger partial charge in [0.05, 0.1) is 17.8 Å². The molecule has 2 aromatic rings. The Bertz CT molecular complexity index is 657. The maximum Gasteiger partial charge on any atom is 0.261 e. The highest BCUT2D eigenvalue weighted by Gasteiger charge is 2.07. The first-order valence-electron chi connectivity index (χ1n) is 5.81. The summed E-state index contributed by atoms with van der Waals surface area (Å²) in [5.74, 6) is -0.0220. The van der Waals surface area contributed by atoms with E-state index in [-0.39, 0.29) is 18.2 Å². The van der Waals surface area contributed by atoms with Gasteiger partial charge in [-0.3, -0.25) is 4.79 Å². The summed E-state index contributed by atoms with van der Waals surface area (Å²) in [5, 5.41) is 17.3. The lowest BCUT2D eigenvalue weighted by Crippen LogP contribution is -2.23. The maximum atomic E-state index is 11.6. The van der Waals surface area contributed by atoms with Crippen molar-refractivity contribution in [3.05, 3.63) is 34.8 Å². The predicted molar refractivity (Wildman–Crippen MR) is 78.1 cm³/mol. The van der Waals surface area contributed by atoms with E-state index in [1.165, 1.54) is 30.7 Å². The number of phenolic OH excluding ortho intramolecular Hbond substituents is 1. The Morgan fingerprint density at radius 2 is 2.43 bits per heavy atom. The zero-order valence-corrected chi connectivity index (χ0v) is 12.6. The van der Waals surface area contributed by atoms with Gasteiger partial charge < -0.3 is 9.84 Å². The van der Waals surface area contributed by atoms with Crippen LogP contribution in [-0.2, 0) is 11.3 Å². The number of ether oxygens (including phenoxy) is 1. The number of carbonyl (C=O) groups excluding carboxylic acids is 1. The lowest BCUT2D eigenvalue weighted by Gasteiger charge is -2.06. The Labute approximate surface area is 128 Å². The lowest BCUT2D eigenvalue weighted by atomic mass is 10.2. The number of nitrogens with zero attached hydrogens (tertiary/aromatic N) is 4. The third-order valence-corrected chi connectivity index (χ3v) is 3.05. The Balaban J connectivity index is 1.98. The van der Waals surface area contributed by atoms with E-state index in [4.69, 9.17) is 4.74 Å². The van der Waals surface area contributed by atoms with E-state index < -0.39 is 0 Å².